The van der Waals surface area contributed by atoms with Gasteiger partial charge in [-0.3, -0.25) is 4.55 Å². The van der Waals surface area contributed by atoms with Gasteiger partial charge in [-0.15, -0.1) is 14.5 Å². The molecule has 3 saturated heterocycles. The highest BCUT2D eigenvalue weighted by Crippen LogP contribution is 2.53. The van der Waals surface area contributed by atoms with Gasteiger partial charge in [0.05, 0.1) is 6.04 Å². The van der Waals surface area contributed by atoms with Crippen LogP contribution in [-0.2, 0) is 14.7 Å². The van der Waals surface area contributed by atoms with Crippen molar-refractivity contribution in [3.63, 3.8) is 0 Å². The van der Waals surface area contributed by atoms with Gasteiger partial charge in [-0.1, -0.05) is 0 Å². The summed E-state index contributed by atoms with van der Waals surface area (Å²) < 4.78 is 41.0. The number of urea groups is 1. The minimum atomic E-state index is -4.75. The third-order valence-corrected chi connectivity index (χ3v) is 6.30. The summed E-state index contributed by atoms with van der Waals surface area (Å²) in [6.45, 7) is 2.37. The maximum absolute atomic E-state index is 12.4. The van der Waals surface area contributed by atoms with Gasteiger partial charge in [0, 0.05) is 25.6 Å². The van der Waals surface area contributed by atoms with Crippen molar-refractivity contribution in [2.75, 3.05) is 19.6 Å². The first-order valence-corrected chi connectivity index (χ1v) is 10.0. The third-order valence-electron chi connectivity index (χ3n) is 5.95. The fraction of sp³-hybridized carbons (Fsp3) is 0.786. The minimum absolute atomic E-state index is 0.267. The van der Waals surface area contributed by atoms with Crippen molar-refractivity contribution < 1.29 is 26.5 Å². The summed E-state index contributed by atoms with van der Waals surface area (Å²) in [5, 5.41) is 12.3. The molecule has 2 atom stereocenters. The van der Waals surface area contributed by atoms with Crippen LogP contribution in [-0.4, -0.2) is 64.8 Å². The number of carbonyl (C=O) groups excluding carboxylic acids is 1. The quantitative estimate of drug-likeness (QED) is 0.696. The van der Waals surface area contributed by atoms with Crippen LogP contribution in [0.5, 0.6) is 0 Å². The smallest absolute Gasteiger partial charge is 0.418 e. The molecule has 4 aliphatic rings. The number of amides is 2. The Morgan fingerprint density at radius 1 is 1.23 bits per heavy atom. The van der Waals surface area contributed by atoms with Crippen LogP contribution < -0.4 is 5.32 Å². The Hall–Kier alpha value is -1.76. The lowest BCUT2D eigenvalue weighted by atomic mass is 9.58. The summed E-state index contributed by atoms with van der Waals surface area (Å²) in [6, 6.07) is -1.46. The number of hydrogen-bond donors (Lipinski definition) is 2. The van der Waals surface area contributed by atoms with E-state index >= 15 is 0 Å². The number of fused-ring (bicyclic) bond motifs is 2. The zero-order chi connectivity index (χ0) is 18.1. The standard InChI is InChI=1S/C14H19N5O6S/c20-13-18-5-9(19(13)25-26(21,22)23)1-2-10(18)12-17-16-11(24-12)8-3-14(4-8)6-15-7-14/h8-10,15H,1-7H2,(H,21,22,23). The number of rotatable bonds is 4. The van der Waals surface area contributed by atoms with Gasteiger partial charge < -0.3 is 14.6 Å². The lowest BCUT2D eigenvalue weighted by molar-refractivity contribution is -0.0317. The Bertz CT molecular complexity index is 844. The Morgan fingerprint density at radius 2 is 1.96 bits per heavy atom. The van der Waals surface area contributed by atoms with E-state index in [2.05, 4.69) is 19.8 Å². The van der Waals surface area contributed by atoms with Gasteiger partial charge in [0.1, 0.15) is 6.04 Å². The fourth-order valence-electron chi connectivity index (χ4n) is 4.56. The maximum atomic E-state index is 12.4. The van der Waals surface area contributed by atoms with Gasteiger partial charge in [0.15, 0.2) is 0 Å². The van der Waals surface area contributed by atoms with E-state index in [1.807, 2.05) is 0 Å². The third kappa shape index (κ3) is 2.51. The largest absolute Gasteiger partial charge is 0.423 e. The molecule has 12 heteroatoms. The van der Waals surface area contributed by atoms with Gasteiger partial charge in [0.25, 0.3) is 0 Å². The van der Waals surface area contributed by atoms with Crippen molar-refractivity contribution >= 4 is 16.4 Å². The molecule has 0 radical (unpaired) electrons. The molecule has 2 bridgehead atoms. The van der Waals surface area contributed by atoms with Crippen LogP contribution >= 0.6 is 0 Å². The highest BCUT2D eigenvalue weighted by Gasteiger charge is 2.52. The minimum Gasteiger partial charge on any atom is -0.423 e. The number of nitrogens with one attached hydrogen (secondary N) is 1. The Balaban J connectivity index is 1.30. The molecule has 2 N–H and O–H groups in total. The van der Waals surface area contributed by atoms with Crippen LogP contribution in [0.3, 0.4) is 0 Å². The molecule has 1 aliphatic carbocycles. The molecule has 1 spiro atoms. The monoisotopic (exact) mass is 385 g/mol. The van der Waals surface area contributed by atoms with E-state index in [-0.39, 0.29) is 12.5 Å². The van der Waals surface area contributed by atoms with Crippen molar-refractivity contribution in [1.29, 1.82) is 0 Å². The molecular formula is C14H19N5O6S. The van der Waals surface area contributed by atoms with Crippen molar-refractivity contribution in [3.8, 4) is 0 Å². The summed E-state index contributed by atoms with van der Waals surface area (Å²) in [4.78, 5) is 13.9. The molecule has 26 heavy (non-hydrogen) atoms. The van der Waals surface area contributed by atoms with Crippen molar-refractivity contribution in [1.82, 2.24) is 25.5 Å². The van der Waals surface area contributed by atoms with E-state index in [1.165, 1.54) is 4.90 Å². The Kier molecular flexibility index (Phi) is 3.39. The first-order valence-electron chi connectivity index (χ1n) is 8.64. The molecule has 2 unspecified atom stereocenters. The second-order valence-corrected chi connectivity index (χ2v) is 8.70. The van der Waals surface area contributed by atoms with E-state index in [0.717, 1.165) is 25.9 Å². The molecule has 2 amide bonds. The lowest BCUT2D eigenvalue weighted by Gasteiger charge is -2.53. The van der Waals surface area contributed by atoms with Crippen LogP contribution in [0.1, 0.15) is 49.4 Å². The van der Waals surface area contributed by atoms with Gasteiger partial charge in [-0.25, -0.2) is 4.79 Å². The number of hydroxylamine groups is 2. The van der Waals surface area contributed by atoms with Crippen molar-refractivity contribution in [3.05, 3.63) is 11.8 Å². The molecule has 1 aromatic heterocycles. The molecule has 0 aromatic carbocycles. The van der Waals surface area contributed by atoms with Gasteiger partial charge in [-0.05, 0) is 31.1 Å². The van der Waals surface area contributed by atoms with E-state index in [9.17, 15) is 13.2 Å². The van der Waals surface area contributed by atoms with Gasteiger partial charge >= 0.3 is 16.4 Å². The molecule has 4 heterocycles. The van der Waals surface area contributed by atoms with Crippen LogP contribution in [0.2, 0.25) is 0 Å². The summed E-state index contributed by atoms with van der Waals surface area (Å²) >= 11 is 0. The summed E-state index contributed by atoms with van der Waals surface area (Å²) in [6.07, 6.45) is 3.14. The maximum Gasteiger partial charge on any atom is 0.418 e. The first kappa shape index (κ1) is 16.4. The van der Waals surface area contributed by atoms with Gasteiger partial charge in [0.2, 0.25) is 11.8 Å². The van der Waals surface area contributed by atoms with Crippen LogP contribution in [0.4, 0.5) is 4.79 Å². The van der Waals surface area contributed by atoms with E-state index in [1.54, 1.807) is 0 Å². The normalized spacial score (nSPS) is 30.6. The second-order valence-electron chi connectivity index (χ2n) is 7.70. The molecule has 4 fully saturated rings. The van der Waals surface area contributed by atoms with E-state index in [0.29, 0.717) is 35.1 Å². The van der Waals surface area contributed by atoms with Gasteiger partial charge in [-0.2, -0.15) is 13.5 Å². The zero-order valence-electron chi connectivity index (χ0n) is 13.9. The molecule has 1 saturated carbocycles. The zero-order valence-corrected chi connectivity index (χ0v) is 14.7. The number of aromatic nitrogens is 2. The van der Waals surface area contributed by atoms with E-state index in [4.69, 9.17) is 8.97 Å². The summed E-state index contributed by atoms with van der Waals surface area (Å²) in [5.41, 5.74) is 0.399. The molecule has 5 rings (SSSR count). The Morgan fingerprint density at radius 3 is 2.62 bits per heavy atom. The lowest BCUT2D eigenvalue weighted by Crippen LogP contribution is -2.59. The average molecular weight is 385 g/mol. The van der Waals surface area contributed by atoms with Crippen LogP contribution in [0, 0.1) is 5.41 Å². The molecule has 11 nitrogen and oxygen atoms in total. The number of piperidine rings is 1. The number of carbonyl (C=O) groups is 1. The average Bonchev–Trinajstić information content (AvgIpc) is 3.04. The molecule has 3 aliphatic heterocycles. The molecule has 1 aromatic rings. The number of hydrogen-bond acceptors (Lipinski definition) is 8. The SMILES string of the molecule is O=C1N2CC(CCC2c2nnc(C3CC4(CNC4)C3)o2)N1OS(=O)(=O)O. The fourth-order valence-corrected chi connectivity index (χ4v) is 4.95. The van der Waals surface area contributed by atoms with Crippen LogP contribution in [0.15, 0.2) is 4.42 Å². The molecular weight excluding hydrogens is 366 g/mol. The second kappa shape index (κ2) is 5.38. The highest BCUT2D eigenvalue weighted by atomic mass is 32.3. The van der Waals surface area contributed by atoms with Crippen molar-refractivity contribution in [2.45, 2.75) is 43.7 Å². The van der Waals surface area contributed by atoms with E-state index < -0.39 is 28.5 Å². The topological polar surface area (TPSA) is 138 Å². The summed E-state index contributed by atoms with van der Waals surface area (Å²) in [7, 11) is -4.75. The number of nitrogens with zero attached hydrogens (tertiary/aromatic N) is 4. The summed E-state index contributed by atoms with van der Waals surface area (Å²) in [5.74, 6) is 1.24. The first-order chi connectivity index (χ1) is 12.3. The molecule has 142 valence electrons. The Labute approximate surface area is 149 Å². The highest BCUT2D eigenvalue weighted by molar-refractivity contribution is 7.80. The van der Waals surface area contributed by atoms with Crippen LogP contribution in [0.25, 0.3) is 0 Å². The predicted molar refractivity (Wildman–Crippen MR) is 83.9 cm³/mol. The predicted octanol–water partition coefficient (Wildman–Crippen LogP) is 0.212. The van der Waals surface area contributed by atoms with Crippen molar-refractivity contribution in [2.24, 2.45) is 5.41 Å².